The molecule has 1 aliphatic heterocycles. The van der Waals surface area contributed by atoms with Crippen molar-refractivity contribution in [1.29, 1.82) is 5.26 Å². The number of carbonyl (C=O) groups excluding carboxylic acids is 2. The number of likely N-dealkylation sites (tertiary alicyclic amines) is 1. The van der Waals surface area contributed by atoms with Gasteiger partial charge < -0.3 is 15.5 Å². The second kappa shape index (κ2) is 10.4. The van der Waals surface area contributed by atoms with Gasteiger partial charge in [0.25, 0.3) is 0 Å². The fraction of sp³-hybridized carbons (Fsp3) is 0.520. The summed E-state index contributed by atoms with van der Waals surface area (Å²) in [5.41, 5.74) is 2.64. The summed E-state index contributed by atoms with van der Waals surface area (Å²) >= 11 is 1.56. The lowest BCUT2D eigenvalue weighted by atomic mass is 9.89. The first-order valence-electron chi connectivity index (χ1n) is 11.7. The highest BCUT2D eigenvalue weighted by atomic mass is 32.1. The lowest BCUT2D eigenvalue weighted by molar-refractivity contribution is -0.121. The van der Waals surface area contributed by atoms with E-state index >= 15 is 0 Å². The molecule has 2 aromatic rings. The Hall–Kier alpha value is -2.76. The highest BCUT2D eigenvalue weighted by Crippen LogP contribution is 2.39. The van der Waals surface area contributed by atoms with Gasteiger partial charge in [-0.05, 0) is 69.2 Å². The van der Waals surface area contributed by atoms with Crippen LogP contribution in [0.25, 0.3) is 0 Å². The van der Waals surface area contributed by atoms with Crippen LogP contribution in [0.15, 0.2) is 18.2 Å². The maximum Gasteiger partial charge on any atom is 0.229 e. The van der Waals surface area contributed by atoms with Gasteiger partial charge in [0, 0.05) is 30.1 Å². The number of hydrogen-bond acceptors (Lipinski definition) is 6. The number of piperidine rings is 1. The van der Waals surface area contributed by atoms with Crippen LogP contribution in [0.3, 0.4) is 0 Å². The molecule has 174 valence electrons. The molecular formula is C25H31N5O2S. The van der Waals surface area contributed by atoms with E-state index in [1.165, 1.54) is 4.88 Å². The number of rotatable bonds is 6. The van der Waals surface area contributed by atoms with Crippen molar-refractivity contribution in [2.75, 3.05) is 30.3 Å². The molecule has 2 aliphatic rings. The molecule has 4 rings (SSSR count). The fourth-order valence-electron chi connectivity index (χ4n) is 4.72. The molecule has 0 spiro atoms. The summed E-state index contributed by atoms with van der Waals surface area (Å²) in [6, 6.07) is 7.89. The Bertz CT molecular complexity index is 1070. The van der Waals surface area contributed by atoms with Gasteiger partial charge in [-0.1, -0.05) is 13.0 Å². The average Bonchev–Trinajstić information content (AvgIpc) is 3.13. The third kappa shape index (κ3) is 5.79. The average molecular weight is 466 g/mol. The number of nitriles is 1. The van der Waals surface area contributed by atoms with Crippen molar-refractivity contribution in [3.05, 3.63) is 39.9 Å². The van der Waals surface area contributed by atoms with Gasteiger partial charge in [-0.2, -0.15) is 5.26 Å². The Kier molecular flexibility index (Phi) is 7.41. The summed E-state index contributed by atoms with van der Waals surface area (Å²) in [5.74, 6) is 1.00. The Labute approximate surface area is 199 Å². The lowest BCUT2D eigenvalue weighted by Gasteiger charge is -2.31. The van der Waals surface area contributed by atoms with Crippen molar-refractivity contribution in [2.45, 2.75) is 52.4 Å². The summed E-state index contributed by atoms with van der Waals surface area (Å²) in [7, 11) is 0. The van der Waals surface area contributed by atoms with Crippen LogP contribution in [0.2, 0.25) is 0 Å². The third-order valence-corrected chi connectivity index (χ3v) is 7.72. The maximum absolute atomic E-state index is 12.7. The molecule has 2 amide bonds. The van der Waals surface area contributed by atoms with Gasteiger partial charge in [-0.25, -0.2) is 4.98 Å². The van der Waals surface area contributed by atoms with E-state index in [1.807, 2.05) is 19.1 Å². The molecule has 2 aromatic heterocycles. The summed E-state index contributed by atoms with van der Waals surface area (Å²) in [5, 5.41) is 16.2. The Balaban J connectivity index is 1.29. The number of fused-ring (bicyclic) bond motifs is 1. The summed E-state index contributed by atoms with van der Waals surface area (Å²) in [4.78, 5) is 33.1. The number of thiophene rings is 1. The second-order valence-electron chi connectivity index (χ2n) is 9.26. The molecule has 7 nitrogen and oxygen atoms in total. The highest BCUT2D eigenvalue weighted by Gasteiger charge is 2.27. The number of pyridine rings is 1. The minimum absolute atomic E-state index is 0.0145. The third-order valence-electron chi connectivity index (χ3n) is 6.55. The van der Waals surface area contributed by atoms with Gasteiger partial charge in [0.05, 0.1) is 11.5 Å². The molecule has 1 aliphatic carbocycles. The molecule has 2 atom stereocenters. The van der Waals surface area contributed by atoms with Crippen LogP contribution >= 0.6 is 11.3 Å². The summed E-state index contributed by atoms with van der Waals surface area (Å²) in [6.45, 7) is 6.25. The minimum Gasteiger partial charge on any atom is -0.317 e. The van der Waals surface area contributed by atoms with E-state index < -0.39 is 0 Å². The summed E-state index contributed by atoms with van der Waals surface area (Å²) < 4.78 is 0. The van der Waals surface area contributed by atoms with E-state index in [0.717, 1.165) is 49.9 Å². The van der Waals surface area contributed by atoms with Crippen LogP contribution in [0.5, 0.6) is 0 Å². The quantitative estimate of drug-likeness (QED) is 0.669. The smallest absolute Gasteiger partial charge is 0.229 e. The normalized spacial score (nSPS) is 20.5. The first-order valence-corrected chi connectivity index (χ1v) is 12.6. The van der Waals surface area contributed by atoms with Crippen LogP contribution in [-0.2, 0) is 22.4 Å². The number of aryl methyl sites for hydroxylation is 1. The Morgan fingerprint density at radius 3 is 2.94 bits per heavy atom. The van der Waals surface area contributed by atoms with Crippen molar-refractivity contribution < 1.29 is 9.59 Å². The van der Waals surface area contributed by atoms with Gasteiger partial charge >= 0.3 is 0 Å². The summed E-state index contributed by atoms with van der Waals surface area (Å²) in [6.07, 6.45) is 5.11. The van der Waals surface area contributed by atoms with E-state index in [-0.39, 0.29) is 17.7 Å². The van der Waals surface area contributed by atoms with Crippen LogP contribution in [0.1, 0.15) is 54.3 Å². The molecule has 2 N–H and O–H groups in total. The fourth-order valence-corrected chi connectivity index (χ4v) is 6.10. The molecular weight excluding hydrogens is 434 g/mol. The molecule has 8 heteroatoms. The molecule has 1 fully saturated rings. The van der Waals surface area contributed by atoms with Gasteiger partial charge in [-0.15, -0.1) is 11.3 Å². The van der Waals surface area contributed by atoms with Crippen molar-refractivity contribution >= 4 is 34.0 Å². The van der Waals surface area contributed by atoms with Gasteiger partial charge in [0.1, 0.15) is 16.9 Å². The van der Waals surface area contributed by atoms with Crippen LogP contribution < -0.4 is 10.6 Å². The highest BCUT2D eigenvalue weighted by molar-refractivity contribution is 7.16. The molecule has 0 saturated carbocycles. The lowest BCUT2D eigenvalue weighted by Crippen LogP contribution is -2.41. The van der Waals surface area contributed by atoms with Crippen molar-refractivity contribution in [1.82, 2.24) is 9.88 Å². The number of nitrogens with zero attached hydrogens (tertiary/aromatic N) is 3. The number of nitrogens with one attached hydrogen (secondary N) is 2. The second-order valence-corrected chi connectivity index (χ2v) is 10.4. The Morgan fingerprint density at radius 1 is 1.30 bits per heavy atom. The molecule has 2 unspecified atom stereocenters. The number of amides is 2. The standard InChI is InChI=1S/C25H31N5O2S/c1-16-8-9-19-20(14-26)25(33-21(19)13-16)29-23(31)10-12-30-11-4-6-18(15-30)24(32)28-22-7-3-5-17(2)27-22/h3,5,7,16,18H,4,6,8-13,15H2,1-2H3,(H,29,31)(H,27,28,32). The number of anilines is 2. The molecule has 1 saturated heterocycles. The monoisotopic (exact) mass is 465 g/mol. The first-order chi connectivity index (χ1) is 15.9. The molecule has 33 heavy (non-hydrogen) atoms. The predicted octanol–water partition coefficient (Wildman–Crippen LogP) is 4.13. The minimum atomic E-state index is -0.111. The largest absolute Gasteiger partial charge is 0.317 e. The number of aromatic nitrogens is 1. The van der Waals surface area contributed by atoms with E-state index in [4.69, 9.17) is 0 Å². The first kappa shape index (κ1) is 23.4. The van der Waals surface area contributed by atoms with Gasteiger partial charge in [0.2, 0.25) is 11.8 Å². The van der Waals surface area contributed by atoms with E-state index in [2.05, 4.69) is 33.5 Å². The molecule has 0 radical (unpaired) electrons. The number of carbonyl (C=O) groups is 2. The van der Waals surface area contributed by atoms with E-state index in [9.17, 15) is 14.9 Å². The molecule has 0 aromatic carbocycles. The van der Waals surface area contributed by atoms with Crippen molar-refractivity contribution in [2.24, 2.45) is 11.8 Å². The van der Waals surface area contributed by atoms with Crippen LogP contribution in [0.4, 0.5) is 10.8 Å². The molecule has 0 bridgehead atoms. The van der Waals surface area contributed by atoms with E-state index in [0.29, 0.717) is 41.8 Å². The number of hydrogen-bond donors (Lipinski definition) is 2. The maximum atomic E-state index is 12.7. The SMILES string of the molecule is Cc1cccc(NC(=O)C2CCCN(CCC(=O)Nc3sc4c(c3C#N)CCC(C)C4)C2)n1. The van der Waals surface area contributed by atoms with E-state index in [1.54, 1.807) is 17.4 Å². The Morgan fingerprint density at radius 2 is 2.15 bits per heavy atom. The van der Waals surface area contributed by atoms with Crippen molar-refractivity contribution in [3.8, 4) is 6.07 Å². The predicted molar refractivity (Wildman–Crippen MR) is 130 cm³/mol. The zero-order chi connectivity index (χ0) is 23.4. The van der Waals surface area contributed by atoms with Crippen LogP contribution in [0, 0.1) is 30.1 Å². The molecule has 3 heterocycles. The zero-order valence-corrected chi connectivity index (χ0v) is 20.1. The van der Waals surface area contributed by atoms with Gasteiger partial charge in [0.15, 0.2) is 0 Å². The van der Waals surface area contributed by atoms with Crippen molar-refractivity contribution in [3.63, 3.8) is 0 Å². The zero-order valence-electron chi connectivity index (χ0n) is 19.3. The topological polar surface area (TPSA) is 98.1 Å². The van der Waals surface area contributed by atoms with Crippen LogP contribution in [-0.4, -0.2) is 41.3 Å². The van der Waals surface area contributed by atoms with Gasteiger partial charge in [-0.3, -0.25) is 9.59 Å².